The molecular formula is C24H25N3O5S. The van der Waals surface area contributed by atoms with Crippen molar-refractivity contribution in [1.82, 2.24) is 4.72 Å². The molecule has 0 aliphatic heterocycles. The molecule has 0 aromatic heterocycles. The van der Waals surface area contributed by atoms with E-state index in [4.69, 9.17) is 4.74 Å². The molecule has 0 spiro atoms. The fourth-order valence-electron chi connectivity index (χ4n) is 3.07. The van der Waals surface area contributed by atoms with Gasteiger partial charge in [0.1, 0.15) is 5.75 Å². The lowest BCUT2D eigenvalue weighted by molar-refractivity contribution is 0.102. The second kappa shape index (κ2) is 10.3. The van der Waals surface area contributed by atoms with Crippen LogP contribution in [-0.4, -0.2) is 33.4 Å². The summed E-state index contributed by atoms with van der Waals surface area (Å²) in [7, 11) is -2.22. The van der Waals surface area contributed by atoms with E-state index < -0.39 is 21.8 Å². The Morgan fingerprint density at radius 2 is 1.58 bits per heavy atom. The first-order chi connectivity index (χ1) is 15.7. The molecule has 2 amide bonds. The van der Waals surface area contributed by atoms with Crippen molar-refractivity contribution in [2.24, 2.45) is 0 Å². The second-order valence-corrected chi connectivity index (χ2v) is 9.20. The number of anilines is 2. The number of benzene rings is 3. The normalized spacial score (nSPS) is 11.2. The molecule has 3 rings (SSSR count). The fraction of sp³-hybridized carbons (Fsp3) is 0.167. The maximum atomic E-state index is 12.9. The summed E-state index contributed by atoms with van der Waals surface area (Å²) < 4.78 is 32.5. The van der Waals surface area contributed by atoms with Crippen molar-refractivity contribution < 1.29 is 22.7 Å². The monoisotopic (exact) mass is 467 g/mol. The van der Waals surface area contributed by atoms with Gasteiger partial charge in [-0.3, -0.25) is 9.59 Å². The topological polar surface area (TPSA) is 114 Å². The number of rotatable bonds is 8. The molecular weight excluding hydrogens is 442 g/mol. The van der Waals surface area contributed by atoms with Gasteiger partial charge in [0.25, 0.3) is 11.8 Å². The number of sulfonamides is 1. The number of nitrogens with one attached hydrogen (secondary N) is 3. The maximum absolute atomic E-state index is 12.9. The minimum Gasteiger partial charge on any atom is -0.497 e. The highest BCUT2D eigenvalue weighted by Gasteiger charge is 2.19. The van der Waals surface area contributed by atoms with Crippen LogP contribution in [-0.2, 0) is 10.0 Å². The van der Waals surface area contributed by atoms with Crippen molar-refractivity contribution in [2.75, 3.05) is 17.7 Å². The number of methoxy groups -OCH3 is 1. The van der Waals surface area contributed by atoms with Crippen LogP contribution >= 0.6 is 0 Å². The number of ether oxygens (including phenoxy) is 1. The van der Waals surface area contributed by atoms with E-state index in [2.05, 4.69) is 15.4 Å². The van der Waals surface area contributed by atoms with Crippen molar-refractivity contribution in [3.05, 3.63) is 83.9 Å². The Morgan fingerprint density at radius 1 is 0.848 bits per heavy atom. The van der Waals surface area contributed by atoms with E-state index >= 15 is 0 Å². The molecule has 0 radical (unpaired) electrons. The molecule has 0 aliphatic rings. The van der Waals surface area contributed by atoms with Crippen molar-refractivity contribution in [1.29, 1.82) is 0 Å². The highest BCUT2D eigenvalue weighted by atomic mass is 32.2. The Hall–Kier alpha value is -3.69. The molecule has 0 atom stereocenters. The van der Waals surface area contributed by atoms with E-state index in [9.17, 15) is 18.0 Å². The molecule has 0 unspecified atom stereocenters. The molecule has 3 aromatic carbocycles. The molecule has 0 saturated heterocycles. The molecule has 3 aromatic rings. The van der Waals surface area contributed by atoms with Gasteiger partial charge in [-0.2, -0.15) is 0 Å². The van der Waals surface area contributed by atoms with Crippen LogP contribution in [0.2, 0.25) is 0 Å². The maximum Gasteiger partial charge on any atom is 0.257 e. The summed E-state index contributed by atoms with van der Waals surface area (Å²) in [6.07, 6.45) is 0. The highest BCUT2D eigenvalue weighted by Crippen LogP contribution is 2.21. The smallest absolute Gasteiger partial charge is 0.257 e. The molecule has 8 nitrogen and oxygen atoms in total. The molecule has 0 fully saturated rings. The Labute approximate surface area is 193 Å². The summed E-state index contributed by atoms with van der Waals surface area (Å²) in [6.45, 7) is 3.42. The lowest BCUT2D eigenvalue weighted by Crippen LogP contribution is -2.30. The lowest BCUT2D eigenvalue weighted by Gasteiger charge is -2.13. The van der Waals surface area contributed by atoms with Gasteiger partial charge >= 0.3 is 0 Å². The molecule has 33 heavy (non-hydrogen) atoms. The molecule has 0 bridgehead atoms. The molecule has 9 heteroatoms. The summed E-state index contributed by atoms with van der Waals surface area (Å²) in [5.74, 6) is -0.369. The van der Waals surface area contributed by atoms with Crippen molar-refractivity contribution in [3.63, 3.8) is 0 Å². The van der Waals surface area contributed by atoms with Gasteiger partial charge in [0, 0.05) is 23.4 Å². The average molecular weight is 468 g/mol. The largest absolute Gasteiger partial charge is 0.497 e. The quantitative estimate of drug-likeness (QED) is 0.465. The lowest BCUT2D eigenvalue weighted by atomic mass is 10.1. The third-order valence-corrected chi connectivity index (χ3v) is 6.20. The Morgan fingerprint density at radius 3 is 2.30 bits per heavy atom. The van der Waals surface area contributed by atoms with E-state index in [0.29, 0.717) is 11.4 Å². The zero-order valence-electron chi connectivity index (χ0n) is 18.5. The zero-order valence-corrected chi connectivity index (χ0v) is 19.3. The Kier molecular flexibility index (Phi) is 7.47. The van der Waals surface area contributed by atoms with Gasteiger partial charge in [-0.05, 0) is 56.3 Å². The molecule has 172 valence electrons. The SMILES string of the molecule is COc1cccc(NC(=O)c2ccccc2NC(=O)c2cccc(S(=O)(=O)NC(C)C)c2)c1. The number of hydrogen-bond acceptors (Lipinski definition) is 5. The van der Waals surface area contributed by atoms with E-state index in [1.165, 1.54) is 31.4 Å². The van der Waals surface area contributed by atoms with E-state index in [-0.39, 0.29) is 27.8 Å². The fourth-order valence-corrected chi connectivity index (χ4v) is 4.36. The Balaban J connectivity index is 1.81. The van der Waals surface area contributed by atoms with Crippen LogP contribution in [0.1, 0.15) is 34.6 Å². The molecule has 0 heterocycles. The van der Waals surface area contributed by atoms with Crippen LogP contribution in [0.5, 0.6) is 5.75 Å². The summed E-state index contributed by atoms with van der Waals surface area (Å²) in [6, 6.07) is 18.9. The predicted molar refractivity (Wildman–Crippen MR) is 127 cm³/mol. The highest BCUT2D eigenvalue weighted by molar-refractivity contribution is 7.89. The van der Waals surface area contributed by atoms with Crippen LogP contribution in [0.4, 0.5) is 11.4 Å². The molecule has 3 N–H and O–H groups in total. The third kappa shape index (κ3) is 6.18. The van der Waals surface area contributed by atoms with Gasteiger partial charge in [-0.15, -0.1) is 0 Å². The molecule has 0 saturated carbocycles. The number of carbonyl (C=O) groups is 2. The van der Waals surface area contributed by atoms with Crippen molar-refractivity contribution >= 4 is 33.2 Å². The number of carbonyl (C=O) groups excluding carboxylic acids is 2. The van der Waals surface area contributed by atoms with Crippen LogP contribution < -0.4 is 20.1 Å². The van der Waals surface area contributed by atoms with Crippen molar-refractivity contribution in [2.45, 2.75) is 24.8 Å². The number of para-hydroxylation sites is 1. The summed E-state index contributed by atoms with van der Waals surface area (Å²) >= 11 is 0. The first-order valence-corrected chi connectivity index (χ1v) is 11.7. The average Bonchev–Trinajstić information content (AvgIpc) is 2.78. The minimum absolute atomic E-state index is 0.0205. The summed E-state index contributed by atoms with van der Waals surface area (Å²) in [5.41, 5.74) is 1.22. The van der Waals surface area contributed by atoms with Gasteiger partial charge in [-0.1, -0.05) is 24.3 Å². The van der Waals surface area contributed by atoms with Crippen molar-refractivity contribution in [3.8, 4) is 5.75 Å². The van der Waals surface area contributed by atoms with Crippen LogP contribution in [0, 0.1) is 0 Å². The van der Waals surface area contributed by atoms with Gasteiger partial charge in [-0.25, -0.2) is 13.1 Å². The van der Waals surface area contributed by atoms with Crippen LogP contribution in [0.15, 0.2) is 77.7 Å². The zero-order chi connectivity index (χ0) is 24.0. The Bertz CT molecular complexity index is 1270. The van der Waals surface area contributed by atoms with Crippen LogP contribution in [0.25, 0.3) is 0 Å². The third-order valence-electron chi connectivity index (χ3n) is 4.54. The minimum atomic E-state index is -3.75. The first kappa shape index (κ1) is 24.0. The van der Waals surface area contributed by atoms with Gasteiger partial charge in [0.15, 0.2) is 0 Å². The predicted octanol–water partition coefficient (Wildman–Crippen LogP) is 3.89. The van der Waals surface area contributed by atoms with Gasteiger partial charge in [0.2, 0.25) is 10.0 Å². The summed E-state index contributed by atoms with van der Waals surface area (Å²) in [4.78, 5) is 25.7. The number of amides is 2. The molecule has 0 aliphatic carbocycles. The van der Waals surface area contributed by atoms with E-state index in [0.717, 1.165) is 0 Å². The first-order valence-electron chi connectivity index (χ1n) is 10.2. The standard InChI is InChI=1S/C24H25N3O5S/c1-16(2)27-33(30,31)20-11-6-8-17(14-20)23(28)26-22-13-5-4-12-21(22)24(29)25-18-9-7-10-19(15-18)32-3/h4-16,27H,1-3H3,(H,25,29)(H,26,28). The van der Waals surface area contributed by atoms with E-state index in [1.807, 2.05) is 0 Å². The van der Waals surface area contributed by atoms with Gasteiger partial charge in [0.05, 0.1) is 23.3 Å². The van der Waals surface area contributed by atoms with Crippen LogP contribution in [0.3, 0.4) is 0 Å². The van der Waals surface area contributed by atoms with Gasteiger partial charge < -0.3 is 15.4 Å². The second-order valence-electron chi connectivity index (χ2n) is 7.49. The number of hydrogen-bond donors (Lipinski definition) is 3. The van der Waals surface area contributed by atoms with E-state index in [1.54, 1.807) is 62.4 Å². The summed E-state index contributed by atoms with van der Waals surface area (Å²) in [5, 5.41) is 5.47.